The van der Waals surface area contributed by atoms with Crippen LogP contribution >= 0.6 is 0 Å². The van der Waals surface area contributed by atoms with Gasteiger partial charge in [-0.25, -0.2) is 4.99 Å². The monoisotopic (exact) mass is 445 g/mol. The number of phenolic OH excluding ortho intramolecular Hbond substituents is 1. The van der Waals surface area contributed by atoms with Gasteiger partial charge in [-0.05, 0) is 49.2 Å². The van der Waals surface area contributed by atoms with Crippen molar-refractivity contribution in [3.8, 4) is 5.75 Å². The topological polar surface area (TPSA) is 76.0 Å². The van der Waals surface area contributed by atoms with Crippen LogP contribution < -0.4 is 0 Å². The third kappa shape index (κ3) is 8.74. The summed E-state index contributed by atoms with van der Waals surface area (Å²) in [6.45, 7) is 4.18. The minimum Gasteiger partial charge on any atom is -0.508 e. The lowest BCUT2D eigenvalue weighted by atomic mass is 10.1. The lowest BCUT2D eigenvalue weighted by Gasteiger charge is -2.18. The molecule has 6 heteroatoms. The van der Waals surface area contributed by atoms with Crippen molar-refractivity contribution in [2.45, 2.75) is 76.9 Å². The molecule has 5 nitrogen and oxygen atoms in total. The maximum atomic E-state index is 13.2. The molecule has 1 unspecified atom stereocenters. The molecule has 2 aromatic rings. The predicted octanol–water partition coefficient (Wildman–Crippen LogP) is 6.74. The fourth-order valence-corrected chi connectivity index (χ4v) is 4.91. The van der Waals surface area contributed by atoms with Gasteiger partial charge in [-0.3, -0.25) is 0 Å². The van der Waals surface area contributed by atoms with E-state index in [9.17, 15) is 13.5 Å². The Kier molecular flexibility index (Phi) is 10.6. The number of nitrogens with zero attached hydrogens (tertiary/aromatic N) is 1. The van der Waals surface area contributed by atoms with Gasteiger partial charge in [0.25, 0.3) is 0 Å². The van der Waals surface area contributed by atoms with Gasteiger partial charge in [0, 0.05) is 5.56 Å². The lowest BCUT2D eigenvalue weighted by molar-refractivity contribution is 0.449. The van der Waals surface area contributed by atoms with E-state index in [1.165, 1.54) is 31.4 Å². The first kappa shape index (κ1) is 24.9. The lowest BCUT2D eigenvalue weighted by Crippen LogP contribution is -2.26. The summed E-state index contributed by atoms with van der Waals surface area (Å²) in [4.78, 5) is 4.43. The zero-order valence-electron chi connectivity index (χ0n) is 18.7. The summed E-state index contributed by atoms with van der Waals surface area (Å²) in [5, 5.41) is 8.96. The van der Waals surface area contributed by atoms with Crippen molar-refractivity contribution in [2.75, 3.05) is 0 Å². The van der Waals surface area contributed by atoms with Crippen LogP contribution in [0.15, 0.2) is 59.6 Å². The van der Waals surface area contributed by atoms with Gasteiger partial charge in [0.15, 0.2) is 0 Å². The van der Waals surface area contributed by atoms with Gasteiger partial charge in [-0.1, -0.05) is 77.0 Å². The van der Waals surface area contributed by atoms with Gasteiger partial charge in [0.2, 0.25) is 5.90 Å². The van der Waals surface area contributed by atoms with Crippen molar-refractivity contribution >= 4 is 21.7 Å². The second-order valence-electron chi connectivity index (χ2n) is 7.84. The quantitative estimate of drug-likeness (QED) is 0.160. The van der Waals surface area contributed by atoms with Crippen LogP contribution in [0.4, 0.5) is 5.69 Å². The Hall–Kier alpha value is -2.34. The fraction of sp³-hybridized carbons (Fsp3) is 0.480. The maximum Gasteiger partial charge on any atom is 0.313 e. The molecule has 0 spiro atoms. The van der Waals surface area contributed by atoms with Crippen LogP contribution in [0.1, 0.15) is 77.2 Å². The molecule has 0 aliphatic carbocycles. The number of phenols is 1. The van der Waals surface area contributed by atoms with Crippen molar-refractivity contribution in [1.29, 1.82) is 0 Å². The van der Waals surface area contributed by atoms with E-state index in [0.717, 1.165) is 25.7 Å². The molecule has 0 aliphatic rings. The highest BCUT2D eigenvalue weighted by molar-refractivity contribution is 7.87. The second kappa shape index (κ2) is 13.2. The molecule has 0 heterocycles. The highest BCUT2D eigenvalue weighted by Gasteiger charge is 2.28. The highest BCUT2D eigenvalue weighted by atomic mass is 32.2. The summed E-state index contributed by atoms with van der Waals surface area (Å²) >= 11 is 0. The van der Waals surface area contributed by atoms with E-state index < -0.39 is 15.4 Å². The molecule has 170 valence electrons. The first-order valence-electron chi connectivity index (χ1n) is 11.3. The van der Waals surface area contributed by atoms with Crippen molar-refractivity contribution in [1.82, 2.24) is 0 Å². The Labute approximate surface area is 187 Å². The van der Waals surface area contributed by atoms with Crippen LogP contribution in [0.5, 0.6) is 5.75 Å². The van der Waals surface area contributed by atoms with E-state index in [2.05, 4.69) is 11.9 Å². The summed E-state index contributed by atoms with van der Waals surface area (Å²) in [6.07, 6.45) is 8.65. The molecule has 0 amide bonds. The number of rotatable bonds is 13. The molecule has 0 aromatic heterocycles. The molecule has 1 N–H and O–H groups in total. The van der Waals surface area contributed by atoms with Gasteiger partial charge in [0.05, 0.1) is 10.9 Å². The van der Waals surface area contributed by atoms with Crippen molar-refractivity contribution in [3.05, 3.63) is 60.2 Å². The average Bonchev–Trinajstić information content (AvgIpc) is 2.77. The SMILES string of the molecule is CCCCCCCCC(CCC)S(=O)(=O)OC(=Nc1ccc(O)cc1)c1ccccc1. The van der Waals surface area contributed by atoms with E-state index in [1.807, 2.05) is 25.1 Å². The molecule has 2 aromatic carbocycles. The Morgan fingerprint density at radius 1 is 0.871 bits per heavy atom. The Morgan fingerprint density at radius 3 is 2.16 bits per heavy atom. The maximum absolute atomic E-state index is 13.2. The Morgan fingerprint density at radius 2 is 1.52 bits per heavy atom. The van der Waals surface area contributed by atoms with Crippen molar-refractivity contribution < 1.29 is 17.7 Å². The van der Waals surface area contributed by atoms with E-state index >= 15 is 0 Å². The molecule has 2 rings (SSSR count). The van der Waals surface area contributed by atoms with Crippen LogP contribution in [0.3, 0.4) is 0 Å². The fourth-order valence-electron chi connectivity index (χ4n) is 3.44. The molecule has 0 fully saturated rings. The van der Waals surface area contributed by atoms with E-state index in [1.54, 1.807) is 24.3 Å². The number of hydrogen-bond donors (Lipinski definition) is 1. The standard InChI is InChI=1S/C25H35NO4S/c1-3-5-6-7-8-12-16-24(13-4-2)31(28,29)30-25(21-14-10-9-11-15-21)26-22-17-19-23(27)20-18-22/h9-11,14-15,17-20,24,27H,3-8,12-13,16H2,1-2H3. The van der Waals surface area contributed by atoms with Crippen molar-refractivity contribution in [3.63, 3.8) is 0 Å². The van der Waals surface area contributed by atoms with Gasteiger partial charge in [-0.15, -0.1) is 0 Å². The van der Waals surface area contributed by atoms with Crippen LogP contribution in [0.25, 0.3) is 0 Å². The Balaban J connectivity index is 2.18. The molecular weight excluding hydrogens is 410 g/mol. The van der Waals surface area contributed by atoms with Crippen LogP contribution in [0.2, 0.25) is 0 Å². The summed E-state index contributed by atoms with van der Waals surface area (Å²) in [6, 6.07) is 15.3. The van der Waals surface area contributed by atoms with Crippen LogP contribution in [0, 0.1) is 0 Å². The number of aliphatic imine (C=N–C) groups is 1. The molecule has 0 aliphatic heterocycles. The Bertz CT molecular complexity index is 893. The van der Waals surface area contributed by atoms with E-state index in [0.29, 0.717) is 24.1 Å². The normalized spacial score (nSPS) is 13.2. The van der Waals surface area contributed by atoms with Gasteiger partial charge >= 0.3 is 10.1 Å². The largest absolute Gasteiger partial charge is 0.508 e. The molecular formula is C25H35NO4S. The van der Waals surface area contributed by atoms with Crippen molar-refractivity contribution in [2.24, 2.45) is 4.99 Å². The smallest absolute Gasteiger partial charge is 0.313 e. The summed E-state index contributed by atoms with van der Waals surface area (Å²) in [7, 11) is -3.84. The van der Waals surface area contributed by atoms with Crippen LogP contribution in [-0.4, -0.2) is 24.7 Å². The molecule has 0 saturated carbocycles. The van der Waals surface area contributed by atoms with Gasteiger partial charge < -0.3 is 9.29 Å². The number of hydrogen-bond acceptors (Lipinski definition) is 5. The van der Waals surface area contributed by atoms with Gasteiger partial charge in [-0.2, -0.15) is 8.42 Å². The molecule has 31 heavy (non-hydrogen) atoms. The molecule has 0 radical (unpaired) electrons. The third-order valence-corrected chi connectivity index (χ3v) is 6.87. The zero-order valence-corrected chi connectivity index (χ0v) is 19.5. The average molecular weight is 446 g/mol. The van der Waals surface area contributed by atoms with E-state index in [4.69, 9.17) is 4.18 Å². The number of aromatic hydroxyl groups is 1. The van der Waals surface area contributed by atoms with E-state index in [-0.39, 0.29) is 11.6 Å². The molecule has 1 atom stereocenters. The van der Waals surface area contributed by atoms with Crippen LogP contribution in [-0.2, 0) is 14.3 Å². The molecule has 0 bridgehead atoms. The first-order chi connectivity index (χ1) is 15.0. The highest BCUT2D eigenvalue weighted by Crippen LogP contribution is 2.23. The predicted molar refractivity (Wildman–Crippen MR) is 127 cm³/mol. The number of benzene rings is 2. The minimum absolute atomic E-state index is 0.0512. The second-order valence-corrected chi connectivity index (χ2v) is 9.66. The summed E-state index contributed by atoms with van der Waals surface area (Å²) < 4.78 is 32.0. The first-order valence-corrected chi connectivity index (χ1v) is 12.8. The summed E-state index contributed by atoms with van der Waals surface area (Å²) in [5.41, 5.74) is 1.10. The third-order valence-electron chi connectivity index (χ3n) is 5.19. The summed E-state index contributed by atoms with van der Waals surface area (Å²) in [5.74, 6) is 0.172. The zero-order chi connectivity index (χ0) is 22.5. The number of unbranched alkanes of at least 4 members (excludes halogenated alkanes) is 5. The minimum atomic E-state index is -3.84. The molecule has 0 saturated heterocycles. The van der Waals surface area contributed by atoms with Gasteiger partial charge in [0.1, 0.15) is 5.75 Å².